The summed E-state index contributed by atoms with van der Waals surface area (Å²) in [6.07, 6.45) is 1.98. The fraction of sp³-hybridized carbons (Fsp3) is 0.571. The number of rotatable bonds is 5. The van der Waals surface area contributed by atoms with E-state index in [1.165, 1.54) is 16.3 Å². The van der Waals surface area contributed by atoms with Gasteiger partial charge in [-0.3, -0.25) is 4.68 Å². The predicted octanol–water partition coefficient (Wildman–Crippen LogP) is 2.18. The Labute approximate surface area is 118 Å². The molecule has 0 aliphatic rings. The van der Waals surface area contributed by atoms with Gasteiger partial charge in [-0.2, -0.15) is 5.10 Å². The van der Waals surface area contributed by atoms with Crippen molar-refractivity contribution in [2.45, 2.75) is 39.7 Å². The molecule has 104 valence electrons. The first-order valence-corrected chi connectivity index (χ1v) is 7.46. The quantitative estimate of drug-likeness (QED) is 0.911. The van der Waals surface area contributed by atoms with Crippen molar-refractivity contribution in [1.29, 1.82) is 0 Å². The number of aromatic nitrogens is 3. The maximum atomic E-state index is 4.55. The number of nitrogens with one attached hydrogen (secondary N) is 1. The van der Waals surface area contributed by atoms with Gasteiger partial charge >= 0.3 is 0 Å². The average Bonchev–Trinajstić information content (AvgIpc) is 2.87. The molecule has 2 heterocycles. The first kappa shape index (κ1) is 14.2. The minimum Gasteiger partial charge on any atom is -0.316 e. The molecule has 0 aliphatic heterocycles. The van der Waals surface area contributed by atoms with Gasteiger partial charge in [0, 0.05) is 36.3 Å². The molecule has 2 aromatic heterocycles. The Morgan fingerprint density at radius 1 is 1.32 bits per heavy atom. The first-order valence-electron chi connectivity index (χ1n) is 6.58. The Morgan fingerprint density at radius 3 is 2.53 bits per heavy atom. The standard InChI is InChI=1S/C14H22N4S/c1-9-8-19-14(16-9)7-12(15-4)6-13-10(2)17-18(5)11(13)3/h8,12,15H,6-7H2,1-5H3. The van der Waals surface area contributed by atoms with E-state index < -0.39 is 0 Å². The molecule has 1 N–H and O–H groups in total. The Bertz CT molecular complexity index is 556. The minimum absolute atomic E-state index is 0.409. The van der Waals surface area contributed by atoms with Crippen LogP contribution in [0.4, 0.5) is 0 Å². The summed E-state index contributed by atoms with van der Waals surface area (Å²) in [5, 5.41) is 11.2. The SMILES string of the molecule is CNC(Cc1nc(C)cs1)Cc1c(C)nn(C)c1C. The molecule has 4 nitrogen and oxygen atoms in total. The van der Waals surface area contributed by atoms with Crippen LogP contribution in [-0.4, -0.2) is 27.9 Å². The Balaban J connectivity index is 2.10. The van der Waals surface area contributed by atoms with E-state index in [1.807, 2.05) is 25.7 Å². The largest absolute Gasteiger partial charge is 0.316 e. The van der Waals surface area contributed by atoms with Crippen molar-refractivity contribution in [3.63, 3.8) is 0 Å². The summed E-state index contributed by atoms with van der Waals surface area (Å²) >= 11 is 1.75. The molecule has 0 fully saturated rings. The molecule has 0 aromatic carbocycles. The van der Waals surface area contributed by atoms with Gasteiger partial charge in [-0.05, 0) is 39.8 Å². The van der Waals surface area contributed by atoms with Gasteiger partial charge in [0.15, 0.2) is 0 Å². The van der Waals surface area contributed by atoms with E-state index in [1.54, 1.807) is 11.3 Å². The molecule has 19 heavy (non-hydrogen) atoms. The van der Waals surface area contributed by atoms with E-state index in [9.17, 15) is 0 Å². The fourth-order valence-electron chi connectivity index (χ4n) is 2.34. The van der Waals surface area contributed by atoms with Gasteiger partial charge in [0.05, 0.1) is 10.7 Å². The van der Waals surface area contributed by atoms with E-state index in [2.05, 4.69) is 34.6 Å². The van der Waals surface area contributed by atoms with Crippen molar-refractivity contribution in [3.05, 3.63) is 33.0 Å². The molecule has 2 aromatic rings. The average molecular weight is 278 g/mol. The Hall–Kier alpha value is -1.20. The number of nitrogens with zero attached hydrogens (tertiary/aromatic N) is 3. The second-order valence-corrected chi connectivity index (χ2v) is 5.99. The van der Waals surface area contributed by atoms with E-state index in [0.717, 1.165) is 24.2 Å². The van der Waals surface area contributed by atoms with Crippen LogP contribution in [0.1, 0.15) is 27.7 Å². The van der Waals surface area contributed by atoms with Gasteiger partial charge in [-0.15, -0.1) is 11.3 Å². The zero-order valence-electron chi connectivity index (χ0n) is 12.3. The molecule has 5 heteroatoms. The second kappa shape index (κ2) is 5.84. The summed E-state index contributed by atoms with van der Waals surface area (Å²) in [4.78, 5) is 4.55. The molecule has 0 aliphatic carbocycles. The maximum absolute atomic E-state index is 4.55. The number of hydrogen-bond acceptors (Lipinski definition) is 4. The van der Waals surface area contributed by atoms with Crippen molar-refractivity contribution < 1.29 is 0 Å². The molecule has 1 atom stereocenters. The predicted molar refractivity (Wildman–Crippen MR) is 79.8 cm³/mol. The third-order valence-electron chi connectivity index (χ3n) is 3.61. The Morgan fingerprint density at radius 2 is 2.05 bits per heavy atom. The molecular weight excluding hydrogens is 256 g/mol. The van der Waals surface area contributed by atoms with Gasteiger partial charge in [-0.1, -0.05) is 0 Å². The van der Waals surface area contributed by atoms with Crippen LogP contribution in [0, 0.1) is 20.8 Å². The van der Waals surface area contributed by atoms with Crippen LogP contribution in [0.2, 0.25) is 0 Å². The van der Waals surface area contributed by atoms with Crippen LogP contribution in [0.25, 0.3) is 0 Å². The van der Waals surface area contributed by atoms with Gasteiger partial charge in [0.2, 0.25) is 0 Å². The van der Waals surface area contributed by atoms with Gasteiger partial charge in [-0.25, -0.2) is 4.98 Å². The van der Waals surface area contributed by atoms with Crippen LogP contribution in [0.15, 0.2) is 5.38 Å². The normalized spacial score (nSPS) is 12.9. The lowest BCUT2D eigenvalue weighted by Crippen LogP contribution is -2.30. The lowest BCUT2D eigenvalue weighted by atomic mass is 10.0. The number of aryl methyl sites for hydroxylation is 3. The molecule has 0 saturated carbocycles. The zero-order chi connectivity index (χ0) is 14.0. The summed E-state index contributed by atoms with van der Waals surface area (Å²) in [5.74, 6) is 0. The summed E-state index contributed by atoms with van der Waals surface area (Å²) in [5.41, 5.74) is 4.86. The third-order valence-corrected chi connectivity index (χ3v) is 4.59. The van der Waals surface area contributed by atoms with Gasteiger partial charge in [0.1, 0.15) is 0 Å². The summed E-state index contributed by atoms with van der Waals surface area (Å²) < 4.78 is 1.96. The van der Waals surface area contributed by atoms with Crippen LogP contribution in [-0.2, 0) is 19.9 Å². The van der Waals surface area contributed by atoms with Gasteiger partial charge in [0.25, 0.3) is 0 Å². The molecule has 0 bridgehead atoms. The molecule has 2 rings (SSSR count). The highest BCUT2D eigenvalue weighted by molar-refractivity contribution is 7.09. The lowest BCUT2D eigenvalue weighted by molar-refractivity contribution is 0.552. The monoisotopic (exact) mass is 278 g/mol. The summed E-state index contributed by atoms with van der Waals surface area (Å²) in [7, 11) is 4.02. The fourth-order valence-corrected chi connectivity index (χ4v) is 3.20. The smallest absolute Gasteiger partial charge is 0.0943 e. The van der Waals surface area contributed by atoms with Gasteiger partial charge < -0.3 is 5.32 Å². The van der Waals surface area contributed by atoms with Crippen molar-refractivity contribution >= 4 is 11.3 Å². The van der Waals surface area contributed by atoms with Crippen molar-refractivity contribution in [2.24, 2.45) is 7.05 Å². The maximum Gasteiger partial charge on any atom is 0.0943 e. The zero-order valence-corrected chi connectivity index (χ0v) is 13.1. The van der Waals surface area contributed by atoms with Crippen LogP contribution >= 0.6 is 11.3 Å². The molecule has 0 amide bonds. The van der Waals surface area contributed by atoms with Crippen molar-refractivity contribution in [2.75, 3.05) is 7.05 Å². The topological polar surface area (TPSA) is 42.7 Å². The second-order valence-electron chi connectivity index (χ2n) is 5.05. The van der Waals surface area contributed by atoms with E-state index >= 15 is 0 Å². The van der Waals surface area contributed by atoms with Crippen molar-refractivity contribution in [1.82, 2.24) is 20.1 Å². The van der Waals surface area contributed by atoms with E-state index in [-0.39, 0.29) is 0 Å². The number of hydrogen-bond donors (Lipinski definition) is 1. The molecule has 1 unspecified atom stereocenters. The number of likely N-dealkylation sites (N-methyl/N-ethyl adjacent to an activating group) is 1. The third kappa shape index (κ3) is 3.22. The molecule has 0 spiro atoms. The summed E-state index contributed by atoms with van der Waals surface area (Å²) in [6.45, 7) is 6.27. The highest BCUT2D eigenvalue weighted by Gasteiger charge is 2.16. The lowest BCUT2D eigenvalue weighted by Gasteiger charge is -2.15. The van der Waals surface area contributed by atoms with Crippen molar-refractivity contribution in [3.8, 4) is 0 Å². The van der Waals surface area contributed by atoms with E-state index in [4.69, 9.17) is 0 Å². The highest BCUT2D eigenvalue weighted by Crippen LogP contribution is 2.17. The number of thiazole rings is 1. The van der Waals surface area contributed by atoms with Crippen LogP contribution in [0.5, 0.6) is 0 Å². The Kier molecular flexibility index (Phi) is 4.37. The van der Waals surface area contributed by atoms with E-state index in [0.29, 0.717) is 6.04 Å². The first-order chi connectivity index (χ1) is 9.01. The van der Waals surface area contributed by atoms with Crippen LogP contribution < -0.4 is 5.32 Å². The summed E-state index contributed by atoms with van der Waals surface area (Å²) in [6, 6.07) is 0.409. The molecule has 0 saturated heterocycles. The minimum atomic E-state index is 0.409. The molecular formula is C14H22N4S. The highest BCUT2D eigenvalue weighted by atomic mass is 32.1. The van der Waals surface area contributed by atoms with Crippen LogP contribution in [0.3, 0.4) is 0 Å². The molecule has 0 radical (unpaired) electrons.